The summed E-state index contributed by atoms with van der Waals surface area (Å²) < 4.78 is 5.99. The molecular formula is C20H24N2O2. The van der Waals surface area contributed by atoms with E-state index in [4.69, 9.17) is 10.2 Å². The lowest BCUT2D eigenvalue weighted by atomic mass is 9.88. The first-order valence-electron chi connectivity index (χ1n) is 8.31. The molecule has 3 aromatic rings. The highest BCUT2D eigenvalue weighted by Crippen LogP contribution is 2.32. The third-order valence-electron chi connectivity index (χ3n) is 5.13. The molecule has 3 rings (SSSR count). The normalized spacial score (nSPS) is 14.2. The van der Waals surface area contributed by atoms with Gasteiger partial charge in [-0.2, -0.15) is 0 Å². The van der Waals surface area contributed by atoms with E-state index in [0.29, 0.717) is 12.3 Å². The molecule has 2 aromatic carbocycles. The van der Waals surface area contributed by atoms with Crippen molar-refractivity contribution in [3.05, 3.63) is 47.7 Å². The van der Waals surface area contributed by atoms with E-state index in [2.05, 4.69) is 11.4 Å². The fourth-order valence-electron chi connectivity index (χ4n) is 2.91. The Balaban J connectivity index is 2.08. The van der Waals surface area contributed by atoms with Crippen molar-refractivity contribution < 1.29 is 9.21 Å². The first kappa shape index (κ1) is 16.5. The fraction of sp³-hybridized carbons (Fsp3) is 0.350. The van der Waals surface area contributed by atoms with Crippen LogP contribution in [0.2, 0.25) is 0 Å². The zero-order chi connectivity index (χ0) is 17.5. The highest BCUT2D eigenvalue weighted by atomic mass is 16.3. The summed E-state index contributed by atoms with van der Waals surface area (Å²) in [5.74, 6) is 0.369. The van der Waals surface area contributed by atoms with Gasteiger partial charge in [0.25, 0.3) is 5.91 Å². The van der Waals surface area contributed by atoms with Crippen LogP contribution in [0.3, 0.4) is 0 Å². The Kier molecular flexibility index (Phi) is 4.10. The standard InChI is InChI=1S/C20H24N2O2/c1-12(2)20(4,11-21)22-19(23)17-13(3)15-10-9-14-7-5-6-8-16(14)18(15)24-17/h5-10,12H,11,21H2,1-4H3,(H,22,23). The first-order valence-corrected chi connectivity index (χ1v) is 8.31. The number of amides is 1. The number of rotatable bonds is 4. The largest absolute Gasteiger partial charge is 0.450 e. The molecule has 0 spiro atoms. The Morgan fingerprint density at radius 1 is 1.21 bits per heavy atom. The molecule has 0 saturated heterocycles. The average molecular weight is 324 g/mol. The Bertz CT molecular complexity index is 911. The van der Waals surface area contributed by atoms with E-state index >= 15 is 0 Å². The van der Waals surface area contributed by atoms with E-state index in [0.717, 1.165) is 27.3 Å². The number of furan rings is 1. The molecule has 4 heteroatoms. The van der Waals surface area contributed by atoms with Gasteiger partial charge in [0.15, 0.2) is 5.76 Å². The zero-order valence-electron chi connectivity index (χ0n) is 14.6. The molecule has 1 amide bonds. The van der Waals surface area contributed by atoms with Crippen LogP contribution in [-0.2, 0) is 0 Å². The zero-order valence-corrected chi connectivity index (χ0v) is 14.6. The van der Waals surface area contributed by atoms with E-state index in [1.54, 1.807) is 0 Å². The van der Waals surface area contributed by atoms with Crippen molar-refractivity contribution >= 4 is 27.6 Å². The average Bonchev–Trinajstić information content (AvgIpc) is 2.92. The number of benzene rings is 2. The summed E-state index contributed by atoms with van der Waals surface area (Å²) in [4.78, 5) is 12.8. The van der Waals surface area contributed by atoms with Gasteiger partial charge in [0.1, 0.15) is 5.58 Å². The van der Waals surface area contributed by atoms with E-state index in [1.165, 1.54) is 0 Å². The molecule has 0 bridgehead atoms. The van der Waals surface area contributed by atoms with Gasteiger partial charge >= 0.3 is 0 Å². The number of hydrogen-bond acceptors (Lipinski definition) is 3. The van der Waals surface area contributed by atoms with Crippen molar-refractivity contribution in [2.75, 3.05) is 6.54 Å². The summed E-state index contributed by atoms with van der Waals surface area (Å²) in [5.41, 5.74) is 7.03. The van der Waals surface area contributed by atoms with Crippen LogP contribution in [0.5, 0.6) is 0 Å². The molecule has 4 nitrogen and oxygen atoms in total. The van der Waals surface area contributed by atoms with Gasteiger partial charge in [0.05, 0.1) is 5.54 Å². The minimum Gasteiger partial charge on any atom is -0.450 e. The Hall–Kier alpha value is -2.33. The molecule has 24 heavy (non-hydrogen) atoms. The molecule has 0 aliphatic rings. The third kappa shape index (κ3) is 2.57. The molecular weight excluding hydrogens is 300 g/mol. The Labute approximate surface area is 142 Å². The van der Waals surface area contributed by atoms with Gasteiger partial charge in [-0.15, -0.1) is 0 Å². The smallest absolute Gasteiger partial charge is 0.287 e. The van der Waals surface area contributed by atoms with Crippen LogP contribution >= 0.6 is 0 Å². The third-order valence-corrected chi connectivity index (χ3v) is 5.13. The van der Waals surface area contributed by atoms with Gasteiger partial charge in [-0.25, -0.2) is 0 Å². The molecule has 126 valence electrons. The van der Waals surface area contributed by atoms with Gasteiger partial charge in [0, 0.05) is 22.9 Å². The highest BCUT2D eigenvalue weighted by Gasteiger charge is 2.31. The van der Waals surface area contributed by atoms with Crippen molar-refractivity contribution in [2.24, 2.45) is 11.7 Å². The van der Waals surface area contributed by atoms with E-state index in [1.807, 2.05) is 58.0 Å². The minimum atomic E-state index is -0.468. The molecule has 3 N–H and O–H groups in total. The maximum Gasteiger partial charge on any atom is 0.287 e. The summed E-state index contributed by atoms with van der Waals surface area (Å²) in [6.07, 6.45) is 0. The summed E-state index contributed by atoms with van der Waals surface area (Å²) in [5, 5.41) is 6.13. The van der Waals surface area contributed by atoms with Crippen molar-refractivity contribution in [1.82, 2.24) is 5.32 Å². The lowest BCUT2D eigenvalue weighted by molar-refractivity contribution is 0.0856. The van der Waals surface area contributed by atoms with Crippen molar-refractivity contribution in [2.45, 2.75) is 33.2 Å². The van der Waals surface area contributed by atoms with Crippen molar-refractivity contribution in [1.29, 1.82) is 0 Å². The number of aryl methyl sites for hydroxylation is 1. The highest BCUT2D eigenvalue weighted by molar-refractivity contribution is 6.08. The Morgan fingerprint density at radius 3 is 2.58 bits per heavy atom. The molecule has 1 atom stereocenters. The predicted molar refractivity (Wildman–Crippen MR) is 98.2 cm³/mol. The van der Waals surface area contributed by atoms with Crippen molar-refractivity contribution in [3.63, 3.8) is 0 Å². The van der Waals surface area contributed by atoms with Gasteiger partial charge in [-0.05, 0) is 25.2 Å². The molecule has 0 fully saturated rings. The van der Waals surface area contributed by atoms with Crippen LogP contribution in [0.1, 0.15) is 36.9 Å². The van der Waals surface area contributed by atoms with Crippen LogP contribution in [0, 0.1) is 12.8 Å². The maximum absolute atomic E-state index is 12.8. The van der Waals surface area contributed by atoms with E-state index < -0.39 is 5.54 Å². The number of nitrogens with one attached hydrogen (secondary N) is 1. The van der Waals surface area contributed by atoms with Crippen LogP contribution in [-0.4, -0.2) is 18.0 Å². The molecule has 0 aliphatic heterocycles. The lowest BCUT2D eigenvalue weighted by Crippen LogP contribution is -2.55. The molecule has 1 heterocycles. The van der Waals surface area contributed by atoms with Crippen LogP contribution in [0.15, 0.2) is 40.8 Å². The molecule has 0 radical (unpaired) electrons. The monoisotopic (exact) mass is 324 g/mol. The van der Waals surface area contributed by atoms with Gasteiger partial charge in [-0.1, -0.05) is 50.2 Å². The number of nitrogens with two attached hydrogens (primary N) is 1. The summed E-state index contributed by atoms with van der Waals surface area (Å²) in [6, 6.07) is 12.1. The fourth-order valence-corrected chi connectivity index (χ4v) is 2.91. The van der Waals surface area contributed by atoms with E-state index in [-0.39, 0.29) is 11.8 Å². The second kappa shape index (κ2) is 5.95. The Morgan fingerprint density at radius 2 is 1.92 bits per heavy atom. The second-order valence-corrected chi connectivity index (χ2v) is 6.95. The summed E-state index contributed by atoms with van der Waals surface area (Å²) in [6.45, 7) is 8.35. The summed E-state index contributed by atoms with van der Waals surface area (Å²) >= 11 is 0. The van der Waals surface area contributed by atoms with Crippen LogP contribution < -0.4 is 11.1 Å². The number of carbonyl (C=O) groups excluding carboxylic acids is 1. The number of fused-ring (bicyclic) bond motifs is 3. The predicted octanol–water partition coefficient (Wildman–Crippen LogP) is 4.00. The second-order valence-electron chi connectivity index (χ2n) is 6.95. The number of carbonyl (C=O) groups is 1. The topological polar surface area (TPSA) is 68.3 Å². The van der Waals surface area contributed by atoms with Crippen LogP contribution in [0.4, 0.5) is 0 Å². The van der Waals surface area contributed by atoms with Gasteiger partial charge in [0.2, 0.25) is 0 Å². The maximum atomic E-state index is 12.8. The molecule has 0 saturated carbocycles. The molecule has 0 aliphatic carbocycles. The SMILES string of the molecule is Cc1c(C(=O)NC(C)(CN)C(C)C)oc2c1ccc1ccccc12. The lowest BCUT2D eigenvalue weighted by Gasteiger charge is -2.33. The van der Waals surface area contributed by atoms with Gasteiger partial charge < -0.3 is 15.5 Å². The number of hydrogen-bond donors (Lipinski definition) is 2. The van der Waals surface area contributed by atoms with Crippen LogP contribution in [0.25, 0.3) is 21.7 Å². The quantitative estimate of drug-likeness (QED) is 0.762. The van der Waals surface area contributed by atoms with Crippen molar-refractivity contribution in [3.8, 4) is 0 Å². The summed E-state index contributed by atoms with van der Waals surface area (Å²) in [7, 11) is 0. The molecule has 1 aromatic heterocycles. The van der Waals surface area contributed by atoms with Gasteiger partial charge in [-0.3, -0.25) is 4.79 Å². The first-order chi connectivity index (χ1) is 11.4. The molecule has 1 unspecified atom stereocenters. The minimum absolute atomic E-state index is 0.213. The van der Waals surface area contributed by atoms with E-state index in [9.17, 15) is 4.79 Å².